The molecule has 2 aromatic carbocycles. The van der Waals surface area contributed by atoms with Crippen molar-refractivity contribution in [1.29, 1.82) is 0 Å². The van der Waals surface area contributed by atoms with E-state index in [0.717, 1.165) is 11.3 Å². The zero-order valence-electron chi connectivity index (χ0n) is 17.3. The van der Waals surface area contributed by atoms with Crippen molar-refractivity contribution in [3.8, 4) is 5.69 Å². The number of aromatic nitrogens is 4. The molecular weight excluding hydrogens is 452 g/mol. The average molecular weight is 475 g/mol. The normalized spacial score (nSPS) is 14.9. The number of rotatable bonds is 7. The van der Waals surface area contributed by atoms with Crippen LogP contribution < -0.4 is 5.32 Å². The lowest BCUT2D eigenvalue weighted by Gasteiger charge is -2.26. The van der Waals surface area contributed by atoms with Gasteiger partial charge in [0.1, 0.15) is 0 Å². The zero-order chi connectivity index (χ0) is 22.6. The molecule has 1 fully saturated rings. The van der Waals surface area contributed by atoms with Gasteiger partial charge >= 0.3 is 0 Å². The highest BCUT2D eigenvalue weighted by atomic mass is 32.2. The van der Waals surface area contributed by atoms with Crippen LogP contribution in [0.4, 0.5) is 5.69 Å². The Morgan fingerprint density at radius 3 is 2.72 bits per heavy atom. The van der Waals surface area contributed by atoms with E-state index in [1.807, 2.05) is 31.2 Å². The summed E-state index contributed by atoms with van der Waals surface area (Å²) in [6.45, 7) is 3.32. The number of carbonyl (C=O) groups is 1. The molecule has 0 aliphatic carbocycles. The second-order valence-electron chi connectivity index (χ2n) is 7.04. The van der Waals surface area contributed by atoms with Crippen LogP contribution in [0.2, 0.25) is 0 Å². The van der Waals surface area contributed by atoms with Crippen LogP contribution >= 0.6 is 11.8 Å². The summed E-state index contributed by atoms with van der Waals surface area (Å²) in [4.78, 5) is 12.6. The molecule has 1 amide bonds. The van der Waals surface area contributed by atoms with E-state index in [-0.39, 0.29) is 16.6 Å². The molecule has 0 saturated carbocycles. The summed E-state index contributed by atoms with van der Waals surface area (Å²) >= 11 is 1.19. The van der Waals surface area contributed by atoms with Crippen LogP contribution in [0.5, 0.6) is 0 Å². The Bertz CT molecular complexity index is 1210. The lowest BCUT2D eigenvalue weighted by atomic mass is 10.2. The van der Waals surface area contributed by atoms with Gasteiger partial charge in [0.05, 0.1) is 29.5 Å². The second kappa shape index (κ2) is 9.77. The SMILES string of the molecule is Cc1ccccc1-n1nnnc1SCC(=O)Nc1cccc(S(=O)(=O)N2CCOCC2)c1. The fourth-order valence-electron chi connectivity index (χ4n) is 3.22. The maximum atomic E-state index is 12.8. The van der Waals surface area contributed by atoms with Gasteiger partial charge in [-0.3, -0.25) is 4.79 Å². The number of aryl methyl sites for hydroxylation is 1. The number of nitrogens with one attached hydrogen (secondary N) is 1. The Labute approximate surface area is 190 Å². The van der Waals surface area contributed by atoms with Gasteiger partial charge in [-0.15, -0.1) is 5.10 Å². The minimum Gasteiger partial charge on any atom is -0.379 e. The molecule has 1 saturated heterocycles. The van der Waals surface area contributed by atoms with Crippen molar-refractivity contribution < 1.29 is 17.9 Å². The van der Waals surface area contributed by atoms with Crippen molar-refractivity contribution in [1.82, 2.24) is 24.5 Å². The topological polar surface area (TPSA) is 119 Å². The molecule has 0 bridgehead atoms. The second-order valence-corrected chi connectivity index (χ2v) is 9.92. The summed E-state index contributed by atoms with van der Waals surface area (Å²) in [6.07, 6.45) is 0. The summed E-state index contributed by atoms with van der Waals surface area (Å²) in [5.74, 6) is -0.234. The Balaban J connectivity index is 1.41. The number of ether oxygens (including phenoxy) is 1. The predicted molar refractivity (Wildman–Crippen MR) is 119 cm³/mol. The van der Waals surface area contributed by atoms with Gasteiger partial charge in [0.15, 0.2) is 0 Å². The first-order chi connectivity index (χ1) is 15.4. The largest absolute Gasteiger partial charge is 0.379 e. The fourth-order valence-corrected chi connectivity index (χ4v) is 5.36. The van der Waals surface area contributed by atoms with Crippen LogP contribution in [0, 0.1) is 6.92 Å². The van der Waals surface area contributed by atoms with Crippen molar-refractivity contribution in [2.75, 3.05) is 37.4 Å². The standard InChI is InChI=1S/C20H22N6O4S2/c1-15-5-2-3-8-18(15)26-20(22-23-24-26)31-14-19(27)21-16-6-4-7-17(13-16)32(28,29)25-9-11-30-12-10-25/h2-8,13H,9-12,14H2,1H3,(H,21,27). The number of benzene rings is 2. The molecular formula is C20H22N6O4S2. The van der Waals surface area contributed by atoms with E-state index >= 15 is 0 Å². The number of tetrazole rings is 1. The van der Waals surface area contributed by atoms with Gasteiger partial charge in [0.25, 0.3) is 0 Å². The van der Waals surface area contributed by atoms with Gasteiger partial charge in [-0.2, -0.15) is 8.99 Å². The number of sulfonamides is 1. The molecule has 3 aromatic rings. The number of para-hydroxylation sites is 1. The van der Waals surface area contributed by atoms with Crippen molar-refractivity contribution >= 4 is 33.4 Å². The molecule has 4 rings (SSSR count). The molecule has 0 unspecified atom stereocenters. The summed E-state index contributed by atoms with van der Waals surface area (Å²) in [6, 6.07) is 13.9. The summed E-state index contributed by atoms with van der Waals surface area (Å²) in [5, 5.41) is 15.0. The van der Waals surface area contributed by atoms with Crippen LogP contribution in [-0.4, -0.2) is 70.9 Å². The monoisotopic (exact) mass is 474 g/mol. The zero-order valence-corrected chi connectivity index (χ0v) is 19.0. The van der Waals surface area contributed by atoms with E-state index < -0.39 is 10.0 Å². The van der Waals surface area contributed by atoms with Crippen LogP contribution in [0.3, 0.4) is 0 Å². The van der Waals surface area contributed by atoms with Crippen LogP contribution in [0.15, 0.2) is 58.6 Å². The molecule has 1 N–H and O–H groups in total. The van der Waals surface area contributed by atoms with Gasteiger partial charge in [-0.1, -0.05) is 36.0 Å². The Morgan fingerprint density at radius 1 is 1.16 bits per heavy atom. The van der Waals surface area contributed by atoms with E-state index in [0.29, 0.717) is 37.1 Å². The quantitative estimate of drug-likeness (QED) is 0.514. The highest BCUT2D eigenvalue weighted by Crippen LogP contribution is 2.23. The molecule has 12 heteroatoms. The van der Waals surface area contributed by atoms with Crippen LogP contribution in [0.25, 0.3) is 5.69 Å². The lowest BCUT2D eigenvalue weighted by Crippen LogP contribution is -2.40. The molecule has 2 heterocycles. The Morgan fingerprint density at radius 2 is 1.94 bits per heavy atom. The third-order valence-electron chi connectivity index (χ3n) is 4.84. The van der Waals surface area contributed by atoms with Crippen LogP contribution in [0.1, 0.15) is 5.56 Å². The summed E-state index contributed by atoms with van der Waals surface area (Å²) in [5.41, 5.74) is 2.24. The molecule has 1 aliphatic heterocycles. The smallest absolute Gasteiger partial charge is 0.243 e. The molecule has 0 atom stereocenters. The number of nitrogens with zero attached hydrogens (tertiary/aromatic N) is 5. The first kappa shape index (κ1) is 22.4. The summed E-state index contributed by atoms with van der Waals surface area (Å²) in [7, 11) is -3.64. The molecule has 1 aromatic heterocycles. The minimum absolute atomic E-state index is 0.0622. The number of hydrogen-bond acceptors (Lipinski definition) is 8. The third kappa shape index (κ3) is 4.99. The number of thioether (sulfide) groups is 1. The van der Waals surface area contributed by atoms with Gasteiger partial charge in [-0.25, -0.2) is 8.42 Å². The summed E-state index contributed by atoms with van der Waals surface area (Å²) < 4.78 is 33.9. The van der Waals surface area contributed by atoms with Gasteiger partial charge < -0.3 is 10.1 Å². The maximum Gasteiger partial charge on any atom is 0.243 e. The van der Waals surface area contributed by atoms with Gasteiger partial charge in [0, 0.05) is 18.8 Å². The Hall–Kier alpha value is -2.80. The number of carbonyl (C=O) groups excluding carboxylic acids is 1. The first-order valence-corrected chi connectivity index (χ1v) is 12.3. The van der Waals surface area contributed by atoms with E-state index in [2.05, 4.69) is 20.8 Å². The average Bonchev–Trinajstić information content (AvgIpc) is 3.27. The van der Waals surface area contributed by atoms with Crippen molar-refractivity contribution in [2.24, 2.45) is 0 Å². The van der Waals surface area contributed by atoms with E-state index in [1.54, 1.807) is 16.8 Å². The van der Waals surface area contributed by atoms with E-state index in [1.165, 1.54) is 28.2 Å². The van der Waals surface area contributed by atoms with E-state index in [9.17, 15) is 13.2 Å². The third-order valence-corrected chi connectivity index (χ3v) is 7.66. The minimum atomic E-state index is -3.64. The molecule has 32 heavy (non-hydrogen) atoms. The molecule has 10 nitrogen and oxygen atoms in total. The van der Waals surface area contributed by atoms with Crippen LogP contribution in [-0.2, 0) is 19.6 Å². The highest BCUT2D eigenvalue weighted by Gasteiger charge is 2.26. The molecule has 0 spiro atoms. The molecule has 1 aliphatic rings. The molecule has 0 radical (unpaired) electrons. The molecule has 168 valence electrons. The van der Waals surface area contributed by atoms with Crippen molar-refractivity contribution in [3.63, 3.8) is 0 Å². The van der Waals surface area contributed by atoms with E-state index in [4.69, 9.17) is 4.74 Å². The first-order valence-electron chi connectivity index (χ1n) is 9.90. The van der Waals surface area contributed by atoms with Crippen molar-refractivity contribution in [2.45, 2.75) is 17.0 Å². The lowest BCUT2D eigenvalue weighted by molar-refractivity contribution is -0.113. The fraction of sp³-hybridized carbons (Fsp3) is 0.300. The number of hydrogen-bond donors (Lipinski definition) is 1. The number of morpholine rings is 1. The van der Waals surface area contributed by atoms with Crippen molar-refractivity contribution in [3.05, 3.63) is 54.1 Å². The maximum absolute atomic E-state index is 12.8. The Kier molecular flexibility index (Phi) is 6.84. The van der Waals surface area contributed by atoms with Gasteiger partial charge in [-0.05, 0) is 47.2 Å². The number of amides is 1. The number of anilines is 1. The van der Waals surface area contributed by atoms with Gasteiger partial charge in [0.2, 0.25) is 21.1 Å². The highest BCUT2D eigenvalue weighted by molar-refractivity contribution is 7.99. The predicted octanol–water partition coefficient (Wildman–Crippen LogP) is 1.72.